The first-order valence-electron chi connectivity index (χ1n) is 5.67. The number of nitrogens with zero attached hydrogens (tertiary/aromatic N) is 2. The van der Waals surface area contributed by atoms with E-state index in [1.807, 2.05) is 6.07 Å². The van der Waals surface area contributed by atoms with Crippen molar-refractivity contribution < 1.29 is 4.79 Å². The molecule has 5 nitrogen and oxygen atoms in total. The van der Waals surface area contributed by atoms with Gasteiger partial charge in [0.25, 0.3) is 5.91 Å². The number of pyridine rings is 1. The highest BCUT2D eigenvalue weighted by molar-refractivity contribution is 5.98. The first-order valence-corrected chi connectivity index (χ1v) is 5.67. The molecule has 0 aliphatic carbocycles. The van der Waals surface area contributed by atoms with E-state index in [0.29, 0.717) is 23.4 Å². The topological polar surface area (TPSA) is 91.8 Å². The number of hydrogen-bond donors (Lipinski definition) is 2. The Labute approximate surface area is 110 Å². The number of carbonyl (C=O) groups is 1. The summed E-state index contributed by atoms with van der Waals surface area (Å²) >= 11 is 0. The highest BCUT2D eigenvalue weighted by atomic mass is 16.1. The number of nitrogens with two attached hydrogens (primary N) is 1. The lowest BCUT2D eigenvalue weighted by Gasteiger charge is -2.07. The number of anilines is 1. The molecular formula is C14H12N4O. The minimum Gasteiger partial charge on any atom is -0.398 e. The first kappa shape index (κ1) is 12.6. The molecule has 0 unspecified atom stereocenters. The quantitative estimate of drug-likeness (QED) is 0.865. The molecule has 0 radical (unpaired) electrons. The van der Waals surface area contributed by atoms with E-state index in [0.717, 1.165) is 5.56 Å². The summed E-state index contributed by atoms with van der Waals surface area (Å²) in [6, 6.07) is 10.6. The maximum absolute atomic E-state index is 11.9. The minimum absolute atomic E-state index is 0.269. The molecule has 0 aliphatic heterocycles. The minimum atomic E-state index is -0.269. The summed E-state index contributed by atoms with van der Waals surface area (Å²) in [6.45, 7) is 0.374. The second-order valence-corrected chi connectivity index (χ2v) is 3.95. The molecule has 0 aliphatic rings. The van der Waals surface area contributed by atoms with Crippen LogP contribution < -0.4 is 11.1 Å². The van der Waals surface area contributed by atoms with Gasteiger partial charge in [-0.25, -0.2) is 0 Å². The summed E-state index contributed by atoms with van der Waals surface area (Å²) in [6.07, 6.45) is 2.97. The van der Waals surface area contributed by atoms with Crippen molar-refractivity contribution in [2.45, 2.75) is 6.54 Å². The van der Waals surface area contributed by atoms with Gasteiger partial charge >= 0.3 is 0 Å². The van der Waals surface area contributed by atoms with E-state index < -0.39 is 0 Å². The Morgan fingerprint density at radius 3 is 2.68 bits per heavy atom. The van der Waals surface area contributed by atoms with Crippen LogP contribution in [-0.4, -0.2) is 10.9 Å². The lowest BCUT2D eigenvalue weighted by atomic mass is 10.1. The molecular weight excluding hydrogens is 240 g/mol. The van der Waals surface area contributed by atoms with E-state index in [4.69, 9.17) is 11.0 Å². The highest BCUT2D eigenvalue weighted by Crippen LogP contribution is 2.09. The maximum Gasteiger partial charge on any atom is 0.255 e. The molecule has 94 valence electrons. The number of nitrogen functional groups attached to an aromatic ring is 1. The zero-order chi connectivity index (χ0) is 13.7. The van der Waals surface area contributed by atoms with E-state index in [-0.39, 0.29) is 5.91 Å². The van der Waals surface area contributed by atoms with Crippen LogP contribution in [0.15, 0.2) is 42.7 Å². The highest BCUT2D eigenvalue weighted by Gasteiger charge is 2.08. The van der Waals surface area contributed by atoms with E-state index >= 15 is 0 Å². The Morgan fingerprint density at radius 1 is 1.32 bits per heavy atom. The van der Waals surface area contributed by atoms with E-state index in [1.165, 1.54) is 12.4 Å². The van der Waals surface area contributed by atoms with Crippen molar-refractivity contribution in [2.75, 3.05) is 5.73 Å². The van der Waals surface area contributed by atoms with Crippen molar-refractivity contribution in [1.82, 2.24) is 10.3 Å². The van der Waals surface area contributed by atoms with Crippen LogP contribution >= 0.6 is 0 Å². The molecule has 0 saturated carbocycles. The molecule has 1 amide bonds. The third-order valence-electron chi connectivity index (χ3n) is 2.64. The van der Waals surface area contributed by atoms with Crippen LogP contribution in [0.2, 0.25) is 0 Å². The Hall–Kier alpha value is -2.87. The molecule has 0 spiro atoms. The van der Waals surface area contributed by atoms with Crippen molar-refractivity contribution in [1.29, 1.82) is 5.26 Å². The third kappa shape index (κ3) is 3.07. The number of benzene rings is 1. The smallest absolute Gasteiger partial charge is 0.255 e. The van der Waals surface area contributed by atoms with E-state index in [2.05, 4.69) is 10.3 Å². The second-order valence-electron chi connectivity index (χ2n) is 3.95. The summed E-state index contributed by atoms with van der Waals surface area (Å²) in [7, 11) is 0. The number of amides is 1. The van der Waals surface area contributed by atoms with Gasteiger partial charge in [-0.05, 0) is 23.8 Å². The largest absolute Gasteiger partial charge is 0.398 e. The average molecular weight is 252 g/mol. The van der Waals surface area contributed by atoms with Gasteiger partial charge in [0.2, 0.25) is 0 Å². The van der Waals surface area contributed by atoms with Gasteiger partial charge in [-0.2, -0.15) is 5.26 Å². The summed E-state index contributed by atoms with van der Waals surface area (Å²) in [5, 5.41) is 11.4. The molecule has 2 aromatic rings. The summed E-state index contributed by atoms with van der Waals surface area (Å²) in [4.78, 5) is 15.7. The molecule has 1 aromatic carbocycles. The zero-order valence-electron chi connectivity index (χ0n) is 10.1. The Kier molecular flexibility index (Phi) is 3.74. The van der Waals surface area contributed by atoms with Gasteiger partial charge in [-0.15, -0.1) is 0 Å². The fourth-order valence-corrected chi connectivity index (χ4v) is 1.57. The number of nitriles is 1. The molecule has 19 heavy (non-hydrogen) atoms. The molecule has 5 heteroatoms. The van der Waals surface area contributed by atoms with Crippen LogP contribution in [0, 0.1) is 11.3 Å². The first-order chi connectivity index (χ1) is 9.20. The Balaban J connectivity index is 2.01. The van der Waals surface area contributed by atoms with Gasteiger partial charge < -0.3 is 11.1 Å². The van der Waals surface area contributed by atoms with Crippen molar-refractivity contribution in [3.05, 3.63) is 59.4 Å². The number of nitrogens with one attached hydrogen (secondary N) is 1. The third-order valence-corrected chi connectivity index (χ3v) is 2.64. The van der Waals surface area contributed by atoms with E-state index in [1.54, 1.807) is 30.3 Å². The standard InChI is InChI=1S/C14H12N4O/c15-7-10-1-3-11(4-2-10)8-18-14(19)12-9-17-6-5-13(12)16/h1-6,9H,8H2,(H2,16,17)(H,18,19). The summed E-state index contributed by atoms with van der Waals surface area (Å²) in [5.41, 5.74) is 7.95. The normalized spacial score (nSPS) is 9.63. The predicted molar refractivity (Wildman–Crippen MR) is 71.0 cm³/mol. The van der Waals surface area contributed by atoms with Gasteiger partial charge in [-0.3, -0.25) is 9.78 Å². The summed E-state index contributed by atoms with van der Waals surface area (Å²) < 4.78 is 0. The van der Waals surface area contributed by atoms with Crippen LogP contribution in [0.25, 0.3) is 0 Å². The molecule has 1 heterocycles. The van der Waals surface area contributed by atoms with Gasteiger partial charge in [-0.1, -0.05) is 12.1 Å². The van der Waals surface area contributed by atoms with Gasteiger partial charge in [0.15, 0.2) is 0 Å². The van der Waals surface area contributed by atoms with Crippen molar-refractivity contribution in [3.8, 4) is 6.07 Å². The van der Waals surface area contributed by atoms with Crippen LogP contribution in [0.4, 0.5) is 5.69 Å². The Bertz CT molecular complexity index is 629. The van der Waals surface area contributed by atoms with Crippen LogP contribution in [0.3, 0.4) is 0 Å². The SMILES string of the molecule is N#Cc1ccc(CNC(=O)c2cnccc2N)cc1. The molecule has 0 atom stereocenters. The fraction of sp³-hybridized carbons (Fsp3) is 0.0714. The monoisotopic (exact) mass is 252 g/mol. The van der Waals surface area contributed by atoms with Gasteiger partial charge in [0.1, 0.15) is 0 Å². The number of aromatic nitrogens is 1. The Morgan fingerprint density at radius 2 is 2.05 bits per heavy atom. The number of rotatable bonds is 3. The molecule has 1 aromatic heterocycles. The lowest BCUT2D eigenvalue weighted by Crippen LogP contribution is -2.23. The second kappa shape index (κ2) is 5.65. The fourth-order valence-electron chi connectivity index (χ4n) is 1.57. The van der Waals surface area contributed by atoms with E-state index in [9.17, 15) is 4.79 Å². The maximum atomic E-state index is 11.9. The molecule has 2 rings (SSSR count). The predicted octanol–water partition coefficient (Wildman–Crippen LogP) is 1.47. The zero-order valence-corrected chi connectivity index (χ0v) is 10.1. The average Bonchev–Trinajstić information content (AvgIpc) is 2.46. The number of hydrogen-bond acceptors (Lipinski definition) is 4. The molecule has 0 saturated heterocycles. The lowest BCUT2D eigenvalue weighted by molar-refractivity contribution is 0.0951. The van der Waals surface area contributed by atoms with Crippen molar-refractivity contribution >= 4 is 11.6 Å². The molecule has 0 bridgehead atoms. The van der Waals surface area contributed by atoms with Crippen LogP contribution in [-0.2, 0) is 6.54 Å². The van der Waals surface area contributed by atoms with Gasteiger partial charge in [0, 0.05) is 24.6 Å². The number of carbonyl (C=O) groups excluding carboxylic acids is 1. The summed E-state index contributed by atoms with van der Waals surface area (Å²) in [5.74, 6) is -0.269. The van der Waals surface area contributed by atoms with Crippen LogP contribution in [0.1, 0.15) is 21.5 Å². The van der Waals surface area contributed by atoms with Crippen molar-refractivity contribution in [3.63, 3.8) is 0 Å². The van der Waals surface area contributed by atoms with Gasteiger partial charge in [0.05, 0.1) is 17.2 Å². The molecule has 3 N–H and O–H groups in total. The van der Waals surface area contributed by atoms with Crippen molar-refractivity contribution in [2.24, 2.45) is 0 Å². The van der Waals surface area contributed by atoms with Crippen LogP contribution in [0.5, 0.6) is 0 Å². The molecule has 0 fully saturated rings.